The zero-order valence-corrected chi connectivity index (χ0v) is 19.1. The van der Waals surface area contributed by atoms with Crippen LogP contribution in [0.1, 0.15) is 17.2 Å². The molecule has 2 aromatic rings. The minimum atomic E-state index is -0.751. The van der Waals surface area contributed by atoms with E-state index in [1.165, 1.54) is 4.90 Å². The monoisotopic (exact) mass is 504 g/mol. The van der Waals surface area contributed by atoms with E-state index >= 15 is 0 Å². The second-order valence-electron chi connectivity index (χ2n) is 7.47. The quantitative estimate of drug-likeness (QED) is 0.380. The van der Waals surface area contributed by atoms with Gasteiger partial charge in [0.25, 0.3) is 11.7 Å². The van der Waals surface area contributed by atoms with Crippen LogP contribution in [0.4, 0.5) is 0 Å². The van der Waals surface area contributed by atoms with Crippen molar-refractivity contribution in [2.75, 3.05) is 39.4 Å². The number of ether oxygens (including phenoxy) is 1. The van der Waals surface area contributed by atoms with Crippen molar-refractivity contribution in [3.63, 3.8) is 0 Å². The maximum atomic E-state index is 13.0. The van der Waals surface area contributed by atoms with Crippen LogP contribution in [0.15, 0.2) is 58.6 Å². The molecule has 31 heavy (non-hydrogen) atoms. The van der Waals surface area contributed by atoms with Gasteiger partial charge in [-0.3, -0.25) is 14.5 Å². The number of amides is 1. The van der Waals surface area contributed by atoms with Crippen molar-refractivity contribution in [1.29, 1.82) is 0 Å². The summed E-state index contributed by atoms with van der Waals surface area (Å²) in [6.45, 7) is 3.80. The van der Waals surface area contributed by atoms with Gasteiger partial charge in [-0.2, -0.15) is 0 Å². The summed E-state index contributed by atoms with van der Waals surface area (Å²) in [6, 6.07) is 13.3. The van der Waals surface area contributed by atoms with Gasteiger partial charge in [-0.05, 0) is 23.8 Å². The van der Waals surface area contributed by atoms with Gasteiger partial charge in [0.15, 0.2) is 0 Å². The lowest BCUT2D eigenvalue weighted by Crippen LogP contribution is -2.42. The molecule has 1 amide bonds. The fraction of sp³-hybridized carbons (Fsp3) is 0.304. The number of rotatable bonds is 5. The Morgan fingerprint density at radius 2 is 1.74 bits per heavy atom. The standard InChI is InChI=1S/C23H22BrClN2O4/c24-16-7-5-15(6-8-16)21(28)19-20(17-3-1-2-4-18(17)25)27(23(30)22(19)29)10-9-26-11-13-31-14-12-26/h1-8,20,28H,9-14H2/b21-19+/t20-/m0/s1. The number of aliphatic hydroxyl groups excluding tert-OH is 1. The van der Waals surface area contributed by atoms with Crippen molar-refractivity contribution >= 4 is 45.0 Å². The van der Waals surface area contributed by atoms with E-state index in [1.54, 1.807) is 42.5 Å². The number of morpholine rings is 1. The average molecular weight is 506 g/mol. The van der Waals surface area contributed by atoms with E-state index < -0.39 is 17.7 Å². The van der Waals surface area contributed by atoms with Crippen molar-refractivity contribution in [3.05, 3.63) is 74.7 Å². The first kappa shape index (κ1) is 22.0. The Kier molecular flexibility index (Phi) is 6.77. The molecule has 0 radical (unpaired) electrons. The molecule has 2 heterocycles. The Morgan fingerprint density at radius 3 is 2.42 bits per heavy atom. The van der Waals surface area contributed by atoms with E-state index in [9.17, 15) is 14.7 Å². The van der Waals surface area contributed by atoms with Crippen LogP contribution in [0.25, 0.3) is 5.76 Å². The maximum absolute atomic E-state index is 13.0. The van der Waals surface area contributed by atoms with Gasteiger partial charge in [-0.25, -0.2) is 0 Å². The summed E-state index contributed by atoms with van der Waals surface area (Å²) in [5.41, 5.74) is 1.14. The molecule has 0 saturated carbocycles. The second-order valence-corrected chi connectivity index (χ2v) is 8.80. The molecule has 0 unspecified atom stereocenters. The van der Waals surface area contributed by atoms with E-state index in [4.69, 9.17) is 16.3 Å². The first-order valence-electron chi connectivity index (χ1n) is 10.1. The highest BCUT2D eigenvalue weighted by atomic mass is 79.9. The van der Waals surface area contributed by atoms with Crippen LogP contribution in [-0.2, 0) is 14.3 Å². The molecule has 162 valence electrons. The Labute approximate surface area is 194 Å². The zero-order valence-electron chi connectivity index (χ0n) is 16.8. The number of carbonyl (C=O) groups is 2. The van der Waals surface area contributed by atoms with Gasteiger partial charge >= 0.3 is 0 Å². The van der Waals surface area contributed by atoms with Crippen LogP contribution >= 0.6 is 27.5 Å². The molecule has 8 heteroatoms. The number of hydrogen-bond donors (Lipinski definition) is 1. The highest BCUT2D eigenvalue weighted by Crippen LogP contribution is 2.41. The minimum Gasteiger partial charge on any atom is -0.507 e. The second kappa shape index (κ2) is 9.53. The predicted octanol–water partition coefficient (Wildman–Crippen LogP) is 3.86. The highest BCUT2D eigenvalue weighted by molar-refractivity contribution is 9.10. The molecule has 1 N–H and O–H groups in total. The van der Waals surface area contributed by atoms with Crippen LogP contribution in [0.2, 0.25) is 5.02 Å². The van der Waals surface area contributed by atoms with Crippen LogP contribution in [0.5, 0.6) is 0 Å². The number of likely N-dealkylation sites (tertiary alicyclic amines) is 1. The smallest absolute Gasteiger partial charge is 0.295 e. The molecule has 2 aliphatic rings. The maximum Gasteiger partial charge on any atom is 0.295 e. The number of nitrogens with zero attached hydrogens (tertiary/aromatic N) is 2. The van der Waals surface area contributed by atoms with Crippen molar-refractivity contribution in [2.45, 2.75) is 6.04 Å². The number of carbonyl (C=O) groups excluding carboxylic acids is 2. The Bertz CT molecular complexity index is 1020. The molecule has 0 spiro atoms. The first-order chi connectivity index (χ1) is 15.0. The van der Waals surface area contributed by atoms with Crippen molar-refractivity contribution in [1.82, 2.24) is 9.80 Å². The molecular weight excluding hydrogens is 484 g/mol. The van der Waals surface area contributed by atoms with E-state index in [1.807, 2.05) is 6.07 Å². The molecule has 2 fully saturated rings. The summed E-state index contributed by atoms with van der Waals surface area (Å²) in [4.78, 5) is 29.8. The van der Waals surface area contributed by atoms with Gasteiger partial charge in [-0.15, -0.1) is 0 Å². The van der Waals surface area contributed by atoms with E-state index in [-0.39, 0.29) is 11.3 Å². The van der Waals surface area contributed by atoms with Crippen molar-refractivity contribution in [3.8, 4) is 0 Å². The fourth-order valence-electron chi connectivity index (χ4n) is 3.97. The van der Waals surface area contributed by atoms with E-state index in [0.717, 1.165) is 17.6 Å². The number of aliphatic hydroxyl groups is 1. The molecule has 0 aromatic heterocycles. The largest absolute Gasteiger partial charge is 0.507 e. The molecule has 0 bridgehead atoms. The van der Waals surface area contributed by atoms with Crippen LogP contribution in [0, 0.1) is 0 Å². The van der Waals surface area contributed by atoms with Gasteiger partial charge in [0.1, 0.15) is 5.76 Å². The number of Topliss-reactive ketones (excluding diaryl/α,β-unsaturated/α-hetero) is 1. The molecule has 6 nitrogen and oxygen atoms in total. The Morgan fingerprint density at radius 1 is 1.06 bits per heavy atom. The molecular formula is C23H22BrClN2O4. The summed E-state index contributed by atoms with van der Waals surface area (Å²) in [6.07, 6.45) is 0. The lowest BCUT2D eigenvalue weighted by molar-refractivity contribution is -0.140. The summed E-state index contributed by atoms with van der Waals surface area (Å²) < 4.78 is 6.23. The van der Waals surface area contributed by atoms with Gasteiger partial charge in [-0.1, -0.05) is 57.9 Å². The van der Waals surface area contributed by atoms with Crippen molar-refractivity contribution in [2.24, 2.45) is 0 Å². The lowest BCUT2D eigenvalue weighted by atomic mass is 9.95. The van der Waals surface area contributed by atoms with Crippen LogP contribution < -0.4 is 0 Å². The summed E-state index contributed by atoms with van der Waals surface area (Å²) in [5.74, 6) is -1.53. The van der Waals surface area contributed by atoms with Gasteiger partial charge < -0.3 is 14.7 Å². The minimum absolute atomic E-state index is 0.0578. The number of benzene rings is 2. The Hall–Kier alpha value is -2.19. The van der Waals surface area contributed by atoms with Gasteiger partial charge in [0.2, 0.25) is 0 Å². The lowest BCUT2D eigenvalue weighted by Gasteiger charge is -2.31. The topological polar surface area (TPSA) is 70.1 Å². The average Bonchev–Trinajstić information content (AvgIpc) is 3.03. The predicted molar refractivity (Wildman–Crippen MR) is 122 cm³/mol. The van der Waals surface area contributed by atoms with Gasteiger partial charge in [0.05, 0.1) is 24.8 Å². The van der Waals surface area contributed by atoms with Crippen molar-refractivity contribution < 1.29 is 19.4 Å². The van der Waals surface area contributed by atoms with Crippen LogP contribution in [-0.4, -0.2) is 66.0 Å². The number of hydrogen-bond acceptors (Lipinski definition) is 5. The molecule has 0 aliphatic carbocycles. The van der Waals surface area contributed by atoms with Gasteiger partial charge in [0, 0.05) is 41.2 Å². The molecule has 2 saturated heterocycles. The summed E-state index contributed by atoms with van der Waals surface area (Å²) >= 11 is 9.83. The highest BCUT2D eigenvalue weighted by Gasteiger charge is 2.46. The van der Waals surface area contributed by atoms with E-state index in [0.29, 0.717) is 42.5 Å². The number of ketones is 1. The zero-order chi connectivity index (χ0) is 22.0. The first-order valence-corrected chi connectivity index (χ1v) is 11.2. The Balaban J connectivity index is 1.75. The SMILES string of the molecule is O=C1C(=O)N(CCN2CCOCC2)[C@@H](c2ccccc2Cl)/C1=C(\O)c1ccc(Br)cc1. The normalized spacial score (nSPS) is 21.6. The van der Waals surface area contributed by atoms with Crippen LogP contribution in [0.3, 0.4) is 0 Å². The number of halogens is 2. The molecule has 4 rings (SSSR count). The van der Waals surface area contributed by atoms with E-state index in [2.05, 4.69) is 20.8 Å². The molecule has 1 atom stereocenters. The molecule has 2 aliphatic heterocycles. The summed E-state index contributed by atoms with van der Waals surface area (Å²) in [7, 11) is 0. The summed E-state index contributed by atoms with van der Waals surface area (Å²) in [5, 5.41) is 11.5. The third kappa shape index (κ3) is 4.55. The third-order valence-electron chi connectivity index (χ3n) is 5.62. The molecule has 2 aromatic carbocycles. The fourth-order valence-corrected chi connectivity index (χ4v) is 4.47. The third-order valence-corrected chi connectivity index (χ3v) is 6.49.